The molecule has 6 heteroatoms. The van der Waals surface area contributed by atoms with Crippen molar-refractivity contribution in [2.75, 3.05) is 32.7 Å². The molecule has 1 aliphatic heterocycles. The molecule has 1 heterocycles. The molecule has 1 saturated heterocycles. The number of carbonyl (C=O) groups excluding carboxylic acids is 1. The Morgan fingerprint density at radius 2 is 1.95 bits per heavy atom. The van der Waals surface area contributed by atoms with Gasteiger partial charge in [-0.1, -0.05) is 24.2 Å². The first kappa shape index (κ1) is 15.3. The smallest absolute Gasteiger partial charge is 0.253 e. The van der Waals surface area contributed by atoms with Gasteiger partial charge in [-0.15, -0.1) is 0 Å². The average molecular weight is 290 g/mol. The summed E-state index contributed by atoms with van der Waals surface area (Å²) in [6.45, 7) is 6.56. The molecule has 0 aromatic heterocycles. The number of carbonyl (C=O) groups is 1. The topological polar surface area (TPSA) is 82.2 Å². The number of nitrogens with zero attached hydrogens (tertiary/aromatic N) is 3. The van der Waals surface area contributed by atoms with E-state index in [1.807, 2.05) is 4.90 Å². The molecule has 114 valence electrons. The Kier molecular flexibility index (Phi) is 5.16. The highest BCUT2D eigenvalue weighted by Crippen LogP contribution is 2.11. The van der Waals surface area contributed by atoms with Crippen molar-refractivity contribution in [3.63, 3.8) is 0 Å². The van der Waals surface area contributed by atoms with Crippen LogP contribution in [0.5, 0.6) is 0 Å². The minimum absolute atomic E-state index is 0.00117. The van der Waals surface area contributed by atoms with Crippen molar-refractivity contribution < 1.29 is 10.0 Å². The lowest BCUT2D eigenvalue weighted by atomic mass is 10.1. The highest BCUT2D eigenvalue weighted by atomic mass is 16.4. The number of hydrogen-bond acceptors (Lipinski definition) is 4. The van der Waals surface area contributed by atoms with Crippen molar-refractivity contribution in [2.24, 2.45) is 10.9 Å². The van der Waals surface area contributed by atoms with Crippen molar-refractivity contribution in [1.29, 1.82) is 0 Å². The van der Waals surface area contributed by atoms with Gasteiger partial charge in [-0.25, -0.2) is 0 Å². The van der Waals surface area contributed by atoms with E-state index >= 15 is 0 Å². The summed E-state index contributed by atoms with van der Waals surface area (Å²) < 4.78 is 0. The number of rotatable bonds is 4. The van der Waals surface area contributed by atoms with Gasteiger partial charge in [0.05, 0.1) is 0 Å². The molecule has 1 fully saturated rings. The molecule has 21 heavy (non-hydrogen) atoms. The molecule has 1 amide bonds. The molecule has 1 aromatic carbocycles. The van der Waals surface area contributed by atoms with E-state index < -0.39 is 0 Å². The van der Waals surface area contributed by atoms with Gasteiger partial charge in [0, 0.05) is 37.3 Å². The molecule has 1 aromatic rings. The Balaban J connectivity index is 2.04. The molecule has 2 rings (SSSR count). The van der Waals surface area contributed by atoms with Gasteiger partial charge in [0.25, 0.3) is 5.91 Å². The SMILES string of the molecule is CCCN1CCN(C(=O)c2cccc(/C(N)=N/O)c2)CC1. The first-order valence-corrected chi connectivity index (χ1v) is 7.25. The van der Waals surface area contributed by atoms with E-state index in [4.69, 9.17) is 10.9 Å². The maximum atomic E-state index is 12.5. The first-order valence-electron chi connectivity index (χ1n) is 7.25. The van der Waals surface area contributed by atoms with Gasteiger partial charge >= 0.3 is 0 Å². The molecule has 0 bridgehead atoms. The lowest BCUT2D eigenvalue weighted by molar-refractivity contribution is 0.0637. The summed E-state index contributed by atoms with van der Waals surface area (Å²) in [7, 11) is 0. The van der Waals surface area contributed by atoms with Crippen LogP contribution >= 0.6 is 0 Å². The lowest BCUT2D eigenvalue weighted by Crippen LogP contribution is -2.48. The molecular formula is C15H22N4O2. The van der Waals surface area contributed by atoms with Crippen LogP contribution in [-0.4, -0.2) is 59.5 Å². The largest absolute Gasteiger partial charge is 0.409 e. The zero-order valence-electron chi connectivity index (χ0n) is 12.3. The zero-order chi connectivity index (χ0) is 15.2. The summed E-state index contributed by atoms with van der Waals surface area (Å²) in [5.41, 5.74) is 6.68. The van der Waals surface area contributed by atoms with E-state index in [0.29, 0.717) is 11.1 Å². The zero-order valence-corrected chi connectivity index (χ0v) is 12.3. The highest BCUT2D eigenvalue weighted by Gasteiger charge is 2.21. The van der Waals surface area contributed by atoms with Crippen LogP contribution in [0.15, 0.2) is 29.4 Å². The molecular weight excluding hydrogens is 268 g/mol. The summed E-state index contributed by atoms with van der Waals surface area (Å²) in [6, 6.07) is 6.88. The van der Waals surface area contributed by atoms with Gasteiger partial charge in [-0.3, -0.25) is 9.69 Å². The lowest BCUT2D eigenvalue weighted by Gasteiger charge is -2.34. The van der Waals surface area contributed by atoms with Crippen LogP contribution in [0, 0.1) is 0 Å². The van der Waals surface area contributed by atoms with E-state index in [1.54, 1.807) is 24.3 Å². The van der Waals surface area contributed by atoms with Gasteiger partial charge in [0.1, 0.15) is 0 Å². The van der Waals surface area contributed by atoms with Crippen LogP contribution in [0.4, 0.5) is 0 Å². The number of amidine groups is 1. The minimum atomic E-state index is -0.00117. The first-order chi connectivity index (χ1) is 10.2. The third-order valence-electron chi connectivity index (χ3n) is 3.71. The molecule has 6 nitrogen and oxygen atoms in total. The monoisotopic (exact) mass is 290 g/mol. The maximum absolute atomic E-state index is 12.5. The van der Waals surface area contributed by atoms with Crippen molar-refractivity contribution in [1.82, 2.24) is 9.80 Å². The molecule has 0 unspecified atom stereocenters. The Bertz CT molecular complexity index is 522. The highest BCUT2D eigenvalue weighted by molar-refractivity contribution is 6.01. The summed E-state index contributed by atoms with van der Waals surface area (Å²) in [5.74, 6) is 0.0103. The van der Waals surface area contributed by atoms with Crippen LogP contribution in [0.2, 0.25) is 0 Å². The minimum Gasteiger partial charge on any atom is -0.409 e. The van der Waals surface area contributed by atoms with Gasteiger partial charge in [-0.05, 0) is 25.1 Å². The molecule has 1 aliphatic rings. The van der Waals surface area contributed by atoms with E-state index in [1.165, 1.54) is 0 Å². The van der Waals surface area contributed by atoms with Crippen LogP contribution < -0.4 is 5.73 Å². The molecule has 3 N–H and O–H groups in total. The number of oxime groups is 1. The fourth-order valence-electron chi connectivity index (χ4n) is 2.54. The number of hydrogen-bond donors (Lipinski definition) is 2. The Hall–Kier alpha value is -2.08. The fraction of sp³-hybridized carbons (Fsp3) is 0.467. The fourth-order valence-corrected chi connectivity index (χ4v) is 2.54. The average Bonchev–Trinajstić information content (AvgIpc) is 2.54. The van der Waals surface area contributed by atoms with Crippen molar-refractivity contribution in [3.8, 4) is 0 Å². The van der Waals surface area contributed by atoms with Gasteiger partial charge in [0.2, 0.25) is 0 Å². The number of piperazine rings is 1. The van der Waals surface area contributed by atoms with Crippen molar-refractivity contribution in [3.05, 3.63) is 35.4 Å². The van der Waals surface area contributed by atoms with Crippen LogP contribution in [0.25, 0.3) is 0 Å². The van der Waals surface area contributed by atoms with Gasteiger partial charge in [0.15, 0.2) is 5.84 Å². The normalized spacial score (nSPS) is 17.0. The molecule has 0 atom stereocenters. The Labute approximate surface area is 124 Å². The predicted molar refractivity (Wildman–Crippen MR) is 81.6 cm³/mol. The number of amides is 1. The second kappa shape index (κ2) is 7.08. The van der Waals surface area contributed by atoms with Gasteiger partial charge in [-0.2, -0.15) is 0 Å². The quantitative estimate of drug-likeness (QED) is 0.374. The predicted octanol–water partition coefficient (Wildman–Crippen LogP) is 0.949. The molecule has 0 saturated carbocycles. The van der Waals surface area contributed by atoms with Crippen molar-refractivity contribution in [2.45, 2.75) is 13.3 Å². The van der Waals surface area contributed by atoms with E-state index in [9.17, 15) is 4.79 Å². The molecule has 0 aliphatic carbocycles. The summed E-state index contributed by atoms with van der Waals surface area (Å²) in [5, 5.41) is 11.7. The standard InChI is InChI=1S/C15H22N4O2/c1-2-6-18-7-9-19(10-8-18)15(20)13-5-3-4-12(11-13)14(16)17-21/h3-5,11,21H,2,6-10H2,1H3,(H2,16,17). The second-order valence-electron chi connectivity index (χ2n) is 5.20. The third kappa shape index (κ3) is 3.72. The van der Waals surface area contributed by atoms with Crippen LogP contribution in [0.3, 0.4) is 0 Å². The molecule has 0 spiro atoms. The van der Waals surface area contributed by atoms with E-state index in [0.717, 1.165) is 39.1 Å². The van der Waals surface area contributed by atoms with E-state index in [2.05, 4.69) is 17.0 Å². The van der Waals surface area contributed by atoms with Crippen LogP contribution in [0.1, 0.15) is 29.3 Å². The number of nitrogens with two attached hydrogens (primary N) is 1. The summed E-state index contributed by atoms with van der Waals surface area (Å²) in [6.07, 6.45) is 1.13. The van der Waals surface area contributed by atoms with E-state index in [-0.39, 0.29) is 11.7 Å². The van der Waals surface area contributed by atoms with Crippen LogP contribution in [-0.2, 0) is 0 Å². The van der Waals surface area contributed by atoms with Gasteiger partial charge < -0.3 is 15.8 Å². The summed E-state index contributed by atoms with van der Waals surface area (Å²) in [4.78, 5) is 16.7. The summed E-state index contributed by atoms with van der Waals surface area (Å²) >= 11 is 0. The second-order valence-corrected chi connectivity index (χ2v) is 5.20. The Morgan fingerprint density at radius 1 is 1.29 bits per heavy atom. The maximum Gasteiger partial charge on any atom is 0.253 e. The molecule has 0 radical (unpaired) electrons. The van der Waals surface area contributed by atoms with Crippen molar-refractivity contribution >= 4 is 11.7 Å². The Morgan fingerprint density at radius 3 is 2.57 bits per heavy atom. The number of benzene rings is 1. The third-order valence-corrected chi connectivity index (χ3v) is 3.71.